The summed E-state index contributed by atoms with van der Waals surface area (Å²) in [5.74, 6) is 1.67. The number of hydrogen-bond donors (Lipinski definition) is 2. The van der Waals surface area contributed by atoms with Gasteiger partial charge in [-0.3, -0.25) is 0 Å². The fraction of sp³-hybridized carbons (Fsp3) is 0.200. The molecule has 3 rings (SSSR count). The fourth-order valence-electron chi connectivity index (χ4n) is 2.54. The highest BCUT2D eigenvalue weighted by atomic mass is 15.1. The van der Waals surface area contributed by atoms with Crippen LogP contribution in [0.2, 0.25) is 0 Å². The SMILES string of the molecule is Cc1cccc(CNc2cc(NCCc3ccccc3)ncn2)c1. The van der Waals surface area contributed by atoms with Crippen LogP contribution in [0.25, 0.3) is 0 Å². The standard InChI is InChI=1S/C20H22N4/c1-16-6-5-9-18(12-16)14-22-20-13-19(23-15-24-20)21-11-10-17-7-3-2-4-8-17/h2-9,12-13,15H,10-11,14H2,1H3,(H2,21,22,23,24). The third-order valence-electron chi connectivity index (χ3n) is 3.79. The van der Waals surface area contributed by atoms with E-state index in [0.29, 0.717) is 0 Å². The molecule has 0 aliphatic heterocycles. The summed E-state index contributed by atoms with van der Waals surface area (Å²) in [5, 5.41) is 6.70. The average molecular weight is 318 g/mol. The highest BCUT2D eigenvalue weighted by Gasteiger charge is 2.00. The molecular weight excluding hydrogens is 296 g/mol. The van der Waals surface area contributed by atoms with Crippen LogP contribution in [0.15, 0.2) is 67.0 Å². The number of nitrogens with zero attached hydrogens (tertiary/aromatic N) is 2. The van der Waals surface area contributed by atoms with E-state index >= 15 is 0 Å². The Bertz CT molecular complexity index is 771. The third-order valence-corrected chi connectivity index (χ3v) is 3.79. The van der Waals surface area contributed by atoms with Gasteiger partial charge in [-0.25, -0.2) is 9.97 Å². The lowest BCUT2D eigenvalue weighted by molar-refractivity contribution is 0.996. The maximum atomic E-state index is 4.28. The first kappa shape index (κ1) is 16.0. The summed E-state index contributed by atoms with van der Waals surface area (Å²) in [6.45, 7) is 3.70. The molecule has 4 heteroatoms. The maximum Gasteiger partial charge on any atom is 0.131 e. The van der Waals surface area contributed by atoms with Crippen LogP contribution in [-0.2, 0) is 13.0 Å². The molecule has 0 atom stereocenters. The molecule has 0 aliphatic carbocycles. The molecule has 0 aliphatic rings. The zero-order valence-corrected chi connectivity index (χ0v) is 13.9. The van der Waals surface area contributed by atoms with Gasteiger partial charge in [-0.2, -0.15) is 0 Å². The fourth-order valence-corrected chi connectivity index (χ4v) is 2.54. The highest BCUT2D eigenvalue weighted by molar-refractivity contribution is 5.47. The van der Waals surface area contributed by atoms with E-state index < -0.39 is 0 Å². The molecule has 4 nitrogen and oxygen atoms in total. The predicted octanol–water partition coefficient (Wildman–Crippen LogP) is 4.05. The van der Waals surface area contributed by atoms with Crippen LogP contribution in [0.3, 0.4) is 0 Å². The van der Waals surface area contributed by atoms with Crippen LogP contribution in [0.1, 0.15) is 16.7 Å². The Labute approximate surface area is 143 Å². The van der Waals surface area contributed by atoms with Gasteiger partial charge in [0.2, 0.25) is 0 Å². The molecule has 0 saturated heterocycles. The van der Waals surface area contributed by atoms with Gasteiger partial charge in [0.1, 0.15) is 18.0 Å². The first-order valence-electron chi connectivity index (χ1n) is 8.19. The maximum absolute atomic E-state index is 4.28. The van der Waals surface area contributed by atoms with Crippen molar-refractivity contribution in [2.24, 2.45) is 0 Å². The Hall–Kier alpha value is -2.88. The molecular formula is C20H22N4. The van der Waals surface area contributed by atoms with Crippen LogP contribution in [-0.4, -0.2) is 16.5 Å². The van der Waals surface area contributed by atoms with Gasteiger partial charge >= 0.3 is 0 Å². The second-order valence-electron chi connectivity index (χ2n) is 5.79. The van der Waals surface area contributed by atoms with Crippen LogP contribution >= 0.6 is 0 Å². The van der Waals surface area contributed by atoms with Crippen molar-refractivity contribution in [1.82, 2.24) is 9.97 Å². The zero-order valence-electron chi connectivity index (χ0n) is 13.9. The van der Waals surface area contributed by atoms with Gasteiger partial charge in [-0.15, -0.1) is 0 Å². The van der Waals surface area contributed by atoms with E-state index in [0.717, 1.165) is 31.1 Å². The Kier molecular flexibility index (Phi) is 5.40. The molecule has 24 heavy (non-hydrogen) atoms. The van der Waals surface area contributed by atoms with E-state index in [1.54, 1.807) is 6.33 Å². The van der Waals surface area contributed by atoms with Crippen molar-refractivity contribution in [3.8, 4) is 0 Å². The van der Waals surface area contributed by atoms with Gasteiger partial charge in [0.05, 0.1) is 0 Å². The molecule has 0 fully saturated rings. The molecule has 0 bridgehead atoms. The van der Waals surface area contributed by atoms with E-state index in [1.807, 2.05) is 12.1 Å². The first-order chi connectivity index (χ1) is 11.8. The van der Waals surface area contributed by atoms with Crippen LogP contribution in [0.4, 0.5) is 11.6 Å². The summed E-state index contributed by atoms with van der Waals surface area (Å²) < 4.78 is 0. The van der Waals surface area contributed by atoms with E-state index in [2.05, 4.69) is 76.1 Å². The number of nitrogens with one attached hydrogen (secondary N) is 2. The number of anilines is 2. The number of aryl methyl sites for hydroxylation is 1. The van der Waals surface area contributed by atoms with Crippen molar-refractivity contribution in [3.63, 3.8) is 0 Å². The lowest BCUT2D eigenvalue weighted by atomic mass is 10.1. The van der Waals surface area contributed by atoms with E-state index in [-0.39, 0.29) is 0 Å². The summed E-state index contributed by atoms with van der Waals surface area (Å²) in [4.78, 5) is 8.56. The van der Waals surface area contributed by atoms with Crippen molar-refractivity contribution in [2.45, 2.75) is 19.9 Å². The quantitative estimate of drug-likeness (QED) is 0.690. The highest BCUT2D eigenvalue weighted by Crippen LogP contribution is 2.11. The van der Waals surface area contributed by atoms with Crippen molar-refractivity contribution >= 4 is 11.6 Å². The molecule has 1 heterocycles. The van der Waals surface area contributed by atoms with Crippen molar-refractivity contribution < 1.29 is 0 Å². The van der Waals surface area contributed by atoms with Gasteiger partial charge in [0, 0.05) is 19.2 Å². The number of hydrogen-bond acceptors (Lipinski definition) is 4. The Morgan fingerprint density at radius 1 is 0.792 bits per heavy atom. The number of benzene rings is 2. The number of aromatic nitrogens is 2. The lowest BCUT2D eigenvalue weighted by Crippen LogP contribution is -2.08. The van der Waals surface area contributed by atoms with E-state index in [1.165, 1.54) is 16.7 Å². The molecule has 2 N–H and O–H groups in total. The summed E-state index contributed by atoms with van der Waals surface area (Å²) in [5.41, 5.74) is 3.82. The molecule has 0 unspecified atom stereocenters. The predicted molar refractivity (Wildman–Crippen MR) is 99.2 cm³/mol. The smallest absolute Gasteiger partial charge is 0.131 e. The zero-order chi connectivity index (χ0) is 16.6. The minimum Gasteiger partial charge on any atom is -0.370 e. The Morgan fingerprint density at radius 2 is 1.54 bits per heavy atom. The minimum atomic E-state index is 0.752. The summed E-state index contributed by atoms with van der Waals surface area (Å²) in [6.07, 6.45) is 2.56. The summed E-state index contributed by atoms with van der Waals surface area (Å²) in [6, 6.07) is 20.8. The van der Waals surface area contributed by atoms with Crippen molar-refractivity contribution in [3.05, 3.63) is 83.7 Å². The Balaban J connectivity index is 1.52. The Morgan fingerprint density at radius 3 is 2.33 bits per heavy atom. The van der Waals surface area contributed by atoms with Crippen LogP contribution in [0, 0.1) is 6.92 Å². The van der Waals surface area contributed by atoms with Crippen molar-refractivity contribution in [2.75, 3.05) is 17.2 Å². The topological polar surface area (TPSA) is 49.8 Å². The van der Waals surface area contributed by atoms with E-state index in [9.17, 15) is 0 Å². The van der Waals surface area contributed by atoms with Gasteiger partial charge in [0.15, 0.2) is 0 Å². The largest absolute Gasteiger partial charge is 0.370 e. The monoisotopic (exact) mass is 318 g/mol. The van der Waals surface area contributed by atoms with Gasteiger partial charge in [-0.1, -0.05) is 60.2 Å². The lowest BCUT2D eigenvalue weighted by Gasteiger charge is -2.09. The summed E-state index contributed by atoms with van der Waals surface area (Å²) >= 11 is 0. The number of rotatable bonds is 7. The molecule has 0 amide bonds. The van der Waals surface area contributed by atoms with Gasteiger partial charge in [-0.05, 0) is 24.5 Å². The second kappa shape index (κ2) is 8.11. The van der Waals surface area contributed by atoms with Crippen LogP contribution in [0.5, 0.6) is 0 Å². The van der Waals surface area contributed by atoms with Crippen molar-refractivity contribution in [1.29, 1.82) is 0 Å². The normalized spacial score (nSPS) is 10.4. The average Bonchev–Trinajstić information content (AvgIpc) is 2.61. The molecule has 122 valence electrons. The second-order valence-corrected chi connectivity index (χ2v) is 5.79. The van der Waals surface area contributed by atoms with Crippen LogP contribution < -0.4 is 10.6 Å². The molecule has 0 spiro atoms. The van der Waals surface area contributed by atoms with Gasteiger partial charge in [0.25, 0.3) is 0 Å². The molecule has 3 aromatic rings. The molecule has 0 radical (unpaired) electrons. The molecule has 0 saturated carbocycles. The third kappa shape index (κ3) is 4.81. The molecule has 2 aromatic carbocycles. The van der Waals surface area contributed by atoms with Gasteiger partial charge < -0.3 is 10.6 Å². The van der Waals surface area contributed by atoms with E-state index in [4.69, 9.17) is 0 Å². The summed E-state index contributed by atoms with van der Waals surface area (Å²) in [7, 11) is 0. The first-order valence-corrected chi connectivity index (χ1v) is 8.19. The minimum absolute atomic E-state index is 0.752. The molecule has 1 aromatic heterocycles.